The molecule has 28 heavy (non-hydrogen) atoms. The number of unbranched alkanes of at least 4 members (excludes halogenated alkanes) is 12. The Morgan fingerprint density at radius 1 is 0.857 bits per heavy atom. The van der Waals surface area contributed by atoms with Crippen molar-refractivity contribution in [2.45, 2.75) is 123 Å². The second-order valence-corrected chi connectivity index (χ2v) is 8.72. The third kappa shape index (κ3) is 20.4. The van der Waals surface area contributed by atoms with E-state index in [0.29, 0.717) is 18.7 Å². The van der Waals surface area contributed by atoms with Crippen LogP contribution < -0.4 is 5.32 Å². The molecule has 0 heterocycles. The SMILES string of the molecule is Br.C=C(C)C(=O)OCCNC(C)(C)CCCCCCCCCCCCCCC. The maximum absolute atomic E-state index is 11.3. The highest BCUT2D eigenvalue weighted by atomic mass is 79.9. The molecule has 0 aliphatic rings. The lowest BCUT2D eigenvalue weighted by Crippen LogP contribution is -2.41. The fourth-order valence-corrected chi connectivity index (χ4v) is 3.33. The summed E-state index contributed by atoms with van der Waals surface area (Å²) in [6.07, 6.45) is 19.3. The summed E-state index contributed by atoms with van der Waals surface area (Å²) in [4.78, 5) is 11.3. The van der Waals surface area contributed by atoms with Gasteiger partial charge in [0, 0.05) is 17.7 Å². The molecule has 0 aromatic rings. The van der Waals surface area contributed by atoms with E-state index in [9.17, 15) is 4.79 Å². The van der Waals surface area contributed by atoms with Gasteiger partial charge in [-0.3, -0.25) is 0 Å². The first-order valence-electron chi connectivity index (χ1n) is 11.5. The first kappa shape index (κ1) is 29.8. The average molecular weight is 463 g/mol. The molecule has 0 rings (SSSR count). The molecule has 0 fully saturated rings. The Balaban J connectivity index is 0. The molecule has 0 atom stereocenters. The lowest BCUT2D eigenvalue weighted by Gasteiger charge is -2.26. The van der Waals surface area contributed by atoms with Gasteiger partial charge >= 0.3 is 5.97 Å². The molecule has 0 aliphatic heterocycles. The third-order valence-electron chi connectivity index (χ3n) is 5.19. The van der Waals surface area contributed by atoms with Crippen LogP contribution in [-0.4, -0.2) is 24.7 Å². The van der Waals surface area contributed by atoms with Crippen molar-refractivity contribution in [1.29, 1.82) is 0 Å². The number of hydrogen-bond acceptors (Lipinski definition) is 3. The van der Waals surface area contributed by atoms with Crippen LogP contribution >= 0.6 is 17.0 Å². The number of hydrogen-bond donors (Lipinski definition) is 1. The van der Waals surface area contributed by atoms with Gasteiger partial charge in [-0.1, -0.05) is 97.0 Å². The summed E-state index contributed by atoms with van der Waals surface area (Å²) in [7, 11) is 0. The van der Waals surface area contributed by atoms with Crippen molar-refractivity contribution in [2.24, 2.45) is 0 Å². The highest BCUT2D eigenvalue weighted by Crippen LogP contribution is 2.16. The molecule has 1 N–H and O–H groups in total. The molecule has 0 radical (unpaired) electrons. The molecule has 0 saturated heterocycles. The van der Waals surface area contributed by atoms with Gasteiger partial charge in [0.15, 0.2) is 0 Å². The van der Waals surface area contributed by atoms with Crippen molar-refractivity contribution in [1.82, 2.24) is 5.32 Å². The van der Waals surface area contributed by atoms with E-state index in [-0.39, 0.29) is 28.5 Å². The molecule has 0 unspecified atom stereocenters. The lowest BCUT2D eigenvalue weighted by atomic mass is 9.96. The predicted molar refractivity (Wildman–Crippen MR) is 128 cm³/mol. The highest BCUT2D eigenvalue weighted by Gasteiger charge is 2.16. The third-order valence-corrected chi connectivity index (χ3v) is 5.19. The smallest absolute Gasteiger partial charge is 0.333 e. The Kier molecular flexibility index (Phi) is 21.3. The first-order valence-corrected chi connectivity index (χ1v) is 11.5. The summed E-state index contributed by atoms with van der Waals surface area (Å²) in [5.74, 6) is -0.300. The Bertz CT molecular complexity index is 383. The van der Waals surface area contributed by atoms with Crippen molar-refractivity contribution in [3.8, 4) is 0 Å². The molecule has 0 aromatic carbocycles. The van der Waals surface area contributed by atoms with E-state index >= 15 is 0 Å². The van der Waals surface area contributed by atoms with Crippen LogP contribution in [0.1, 0.15) is 118 Å². The molecule has 0 bridgehead atoms. The second kappa shape index (κ2) is 19.9. The molecule has 3 nitrogen and oxygen atoms in total. The fraction of sp³-hybridized carbons (Fsp3) is 0.875. The molecule has 0 aliphatic carbocycles. The van der Waals surface area contributed by atoms with Crippen LogP contribution in [0, 0.1) is 0 Å². The first-order chi connectivity index (χ1) is 12.9. The van der Waals surface area contributed by atoms with E-state index in [1.807, 2.05) is 0 Å². The number of ether oxygens (including phenoxy) is 1. The summed E-state index contributed by atoms with van der Waals surface area (Å²) in [5.41, 5.74) is 0.564. The van der Waals surface area contributed by atoms with Gasteiger partial charge in [-0.2, -0.15) is 0 Å². The van der Waals surface area contributed by atoms with Crippen LogP contribution in [0.5, 0.6) is 0 Å². The Hall–Kier alpha value is -0.350. The molecule has 0 aromatic heterocycles. The van der Waals surface area contributed by atoms with Crippen LogP contribution in [0.2, 0.25) is 0 Å². The standard InChI is InChI=1S/C24H47NO2.BrH/c1-6-7-8-9-10-11-12-13-14-15-16-17-18-19-24(4,5)25-20-21-27-23(26)22(2)3;/h25H,2,6-21H2,1,3-5H3;1H. The lowest BCUT2D eigenvalue weighted by molar-refractivity contribution is -0.138. The zero-order chi connectivity index (χ0) is 20.4. The minimum absolute atomic E-state index is 0. The second-order valence-electron chi connectivity index (χ2n) is 8.72. The number of esters is 1. The van der Waals surface area contributed by atoms with Crippen molar-refractivity contribution in [3.05, 3.63) is 12.2 Å². The van der Waals surface area contributed by atoms with Crippen molar-refractivity contribution in [3.63, 3.8) is 0 Å². The van der Waals surface area contributed by atoms with Crippen molar-refractivity contribution >= 4 is 23.0 Å². The van der Waals surface area contributed by atoms with E-state index in [4.69, 9.17) is 4.74 Å². The van der Waals surface area contributed by atoms with E-state index in [2.05, 4.69) is 32.7 Å². The summed E-state index contributed by atoms with van der Waals surface area (Å²) < 4.78 is 5.12. The van der Waals surface area contributed by atoms with Crippen LogP contribution in [0.25, 0.3) is 0 Å². The van der Waals surface area contributed by atoms with Crippen LogP contribution in [0.15, 0.2) is 12.2 Å². The van der Waals surface area contributed by atoms with Crippen LogP contribution in [0.3, 0.4) is 0 Å². The largest absolute Gasteiger partial charge is 0.461 e. The Morgan fingerprint density at radius 3 is 1.71 bits per heavy atom. The summed E-state index contributed by atoms with van der Waals surface area (Å²) >= 11 is 0. The van der Waals surface area contributed by atoms with E-state index < -0.39 is 0 Å². The van der Waals surface area contributed by atoms with Gasteiger partial charge in [-0.15, -0.1) is 17.0 Å². The zero-order valence-corrected chi connectivity index (χ0v) is 21.0. The maximum atomic E-state index is 11.3. The average Bonchev–Trinajstić information content (AvgIpc) is 2.62. The number of halogens is 1. The van der Waals surface area contributed by atoms with Gasteiger partial charge in [0.1, 0.15) is 6.61 Å². The molecule has 0 amide bonds. The summed E-state index contributed by atoms with van der Waals surface area (Å²) in [5, 5.41) is 3.49. The molecule has 0 spiro atoms. The minimum atomic E-state index is -0.300. The minimum Gasteiger partial charge on any atom is -0.461 e. The fourth-order valence-electron chi connectivity index (χ4n) is 3.33. The highest BCUT2D eigenvalue weighted by molar-refractivity contribution is 8.93. The number of carbonyl (C=O) groups is 1. The quantitative estimate of drug-likeness (QED) is 0.122. The number of carbonyl (C=O) groups excluding carboxylic acids is 1. The summed E-state index contributed by atoms with van der Waals surface area (Å²) in [6.45, 7) is 13.1. The topological polar surface area (TPSA) is 38.3 Å². The zero-order valence-electron chi connectivity index (χ0n) is 19.2. The molecule has 0 saturated carbocycles. The maximum Gasteiger partial charge on any atom is 0.333 e. The van der Waals surface area contributed by atoms with Gasteiger partial charge in [0.2, 0.25) is 0 Å². The summed E-state index contributed by atoms with van der Waals surface area (Å²) in [6, 6.07) is 0. The number of rotatable bonds is 19. The van der Waals surface area contributed by atoms with E-state index in [1.54, 1.807) is 6.92 Å². The number of nitrogens with one attached hydrogen (secondary N) is 1. The van der Waals surface area contributed by atoms with Gasteiger partial charge in [-0.25, -0.2) is 4.79 Å². The van der Waals surface area contributed by atoms with Crippen molar-refractivity contribution in [2.75, 3.05) is 13.2 Å². The van der Waals surface area contributed by atoms with E-state index in [0.717, 1.165) is 0 Å². The van der Waals surface area contributed by atoms with Crippen LogP contribution in [-0.2, 0) is 9.53 Å². The molecular formula is C24H48BrNO2. The van der Waals surface area contributed by atoms with Gasteiger partial charge < -0.3 is 10.1 Å². The predicted octanol–water partition coefficient (Wildman–Crippen LogP) is 7.53. The van der Waals surface area contributed by atoms with Gasteiger partial charge in [0.25, 0.3) is 0 Å². The molecule has 168 valence electrons. The van der Waals surface area contributed by atoms with Crippen LogP contribution in [0.4, 0.5) is 0 Å². The van der Waals surface area contributed by atoms with Crippen molar-refractivity contribution < 1.29 is 9.53 Å². The molecular weight excluding hydrogens is 414 g/mol. The van der Waals surface area contributed by atoms with Gasteiger partial charge in [-0.05, 0) is 27.2 Å². The molecule has 4 heteroatoms. The Morgan fingerprint density at radius 2 is 1.29 bits per heavy atom. The Labute approximate surface area is 186 Å². The monoisotopic (exact) mass is 461 g/mol. The van der Waals surface area contributed by atoms with E-state index in [1.165, 1.54) is 89.9 Å². The van der Waals surface area contributed by atoms with Gasteiger partial charge in [0.05, 0.1) is 0 Å². The normalized spacial score (nSPS) is 11.1.